The molecule has 2 aromatic rings. The Morgan fingerprint density at radius 3 is 2.50 bits per heavy atom. The van der Waals surface area contributed by atoms with Crippen LogP contribution in [0.1, 0.15) is 22.3 Å². The number of amides is 1. The number of benzene rings is 2. The Hall–Kier alpha value is -3.62. The van der Waals surface area contributed by atoms with E-state index in [-0.39, 0.29) is 35.0 Å². The van der Waals surface area contributed by atoms with Gasteiger partial charge in [0, 0.05) is 24.3 Å². The van der Waals surface area contributed by atoms with E-state index in [4.69, 9.17) is 9.47 Å². The number of halogens is 4. The molecule has 5 nitrogen and oxygen atoms in total. The first-order valence-corrected chi connectivity index (χ1v) is 8.62. The van der Waals surface area contributed by atoms with Crippen molar-refractivity contribution in [2.75, 3.05) is 7.11 Å². The van der Waals surface area contributed by atoms with Crippen LogP contribution in [-0.4, -0.2) is 18.8 Å². The van der Waals surface area contributed by atoms with Gasteiger partial charge < -0.3 is 14.8 Å². The lowest BCUT2D eigenvalue weighted by Gasteiger charge is -2.16. The molecule has 0 aromatic heterocycles. The van der Waals surface area contributed by atoms with E-state index in [1.54, 1.807) is 6.08 Å². The van der Waals surface area contributed by atoms with Crippen LogP contribution >= 0.6 is 0 Å². The predicted octanol–water partition coefficient (Wildman–Crippen LogP) is 4.79. The summed E-state index contributed by atoms with van der Waals surface area (Å²) in [4.78, 5) is 24.1. The summed E-state index contributed by atoms with van der Waals surface area (Å²) in [5.74, 6) is -2.22. The van der Waals surface area contributed by atoms with Gasteiger partial charge in [-0.2, -0.15) is 13.2 Å². The molecular formula is C21H15F4NO4. The lowest BCUT2D eigenvalue weighted by molar-refractivity contribution is -0.137. The Bertz CT molecular complexity index is 1060. The molecule has 30 heavy (non-hydrogen) atoms. The van der Waals surface area contributed by atoms with Gasteiger partial charge >= 0.3 is 6.18 Å². The molecule has 0 saturated heterocycles. The number of ether oxygens (including phenoxy) is 2. The number of carbonyl (C=O) groups is 2. The molecule has 0 fully saturated rings. The summed E-state index contributed by atoms with van der Waals surface area (Å²) >= 11 is 0. The molecule has 1 aliphatic rings. The first-order valence-electron chi connectivity index (χ1n) is 8.62. The van der Waals surface area contributed by atoms with Gasteiger partial charge in [0.1, 0.15) is 11.6 Å². The van der Waals surface area contributed by atoms with Gasteiger partial charge in [0.05, 0.1) is 18.2 Å². The number of nitrogens with one attached hydrogen (secondary N) is 1. The largest absolute Gasteiger partial charge is 0.493 e. The number of hydrogen-bond donors (Lipinski definition) is 1. The highest BCUT2D eigenvalue weighted by Crippen LogP contribution is 2.37. The van der Waals surface area contributed by atoms with E-state index in [2.05, 4.69) is 5.32 Å². The minimum absolute atomic E-state index is 0.0673. The quantitative estimate of drug-likeness (QED) is 0.706. The van der Waals surface area contributed by atoms with E-state index in [1.807, 2.05) is 0 Å². The predicted molar refractivity (Wildman–Crippen MR) is 98.8 cm³/mol. The van der Waals surface area contributed by atoms with Gasteiger partial charge in [-0.25, -0.2) is 4.39 Å². The van der Waals surface area contributed by atoms with Gasteiger partial charge in [0.15, 0.2) is 17.3 Å². The van der Waals surface area contributed by atoms with Crippen LogP contribution in [0, 0.1) is 5.82 Å². The van der Waals surface area contributed by atoms with Crippen molar-refractivity contribution in [3.63, 3.8) is 0 Å². The molecule has 0 saturated carbocycles. The smallest absolute Gasteiger partial charge is 0.416 e. The van der Waals surface area contributed by atoms with Gasteiger partial charge in [0.2, 0.25) is 0 Å². The van der Waals surface area contributed by atoms with Crippen LogP contribution in [0.15, 0.2) is 60.3 Å². The molecule has 0 spiro atoms. The minimum Gasteiger partial charge on any atom is -0.493 e. The third kappa shape index (κ3) is 4.86. The number of hydrogen-bond acceptors (Lipinski definition) is 4. The molecule has 0 bridgehead atoms. The third-order valence-electron chi connectivity index (χ3n) is 4.09. The highest BCUT2D eigenvalue weighted by molar-refractivity contribution is 6.00. The Morgan fingerprint density at radius 2 is 1.83 bits per heavy atom. The molecule has 0 unspecified atom stereocenters. The normalized spacial score (nSPS) is 13.6. The van der Waals surface area contributed by atoms with E-state index in [0.717, 1.165) is 24.3 Å². The molecule has 1 amide bonds. The number of alkyl halides is 3. The molecule has 9 heteroatoms. The van der Waals surface area contributed by atoms with Crippen molar-refractivity contribution < 1.29 is 36.6 Å². The van der Waals surface area contributed by atoms with Crippen molar-refractivity contribution in [3.8, 4) is 17.2 Å². The fraction of sp³-hybridized carbons (Fsp3) is 0.143. The minimum atomic E-state index is -4.68. The number of methoxy groups -OCH3 is 1. The molecule has 156 valence electrons. The van der Waals surface area contributed by atoms with E-state index in [0.29, 0.717) is 6.07 Å². The highest BCUT2D eigenvalue weighted by atomic mass is 19.4. The lowest BCUT2D eigenvalue weighted by Crippen LogP contribution is -2.24. The fourth-order valence-corrected chi connectivity index (χ4v) is 2.67. The SMILES string of the molecule is COc1cc(F)ccc1Oc1cc(C(F)(F)F)ccc1C(=O)NC1=CC(=O)CC=C1. The topological polar surface area (TPSA) is 64.6 Å². The Balaban J connectivity index is 2.00. The van der Waals surface area contributed by atoms with Crippen molar-refractivity contribution in [1.82, 2.24) is 5.32 Å². The summed E-state index contributed by atoms with van der Waals surface area (Å²) in [5.41, 5.74) is -1.06. The highest BCUT2D eigenvalue weighted by Gasteiger charge is 2.32. The third-order valence-corrected chi connectivity index (χ3v) is 4.09. The van der Waals surface area contributed by atoms with Crippen molar-refractivity contribution in [2.24, 2.45) is 0 Å². The molecule has 0 radical (unpaired) electrons. The second-order valence-electron chi connectivity index (χ2n) is 6.23. The van der Waals surface area contributed by atoms with Crippen LogP contribution in [0.2, 0.25) is 0 Å². The summed E-state index contributed by atoms with van der Waals surface area (Å²) in [6, 6.07) is 5.55. The molecule has 0 aliphatic heterocycles. The van der Waals surface area contributed by atoms with Gasteiger partial charge in [-0.1, -0.05) is 6.08 Å². The van der Waals surface area contributed by atoms with Crippen LogP contribution in [-0.2, 0) is 11.0 Å². The van der Waals surface area contributed by atoms with E-state index in [1.165, 1.54) is 25.3 Å². The summed E-state index contributed by atoms with van der Waals surface area (Å²) in [6.45, 7) is 0. The summed E-state index contributed by atoms with van der Waals surface area (Å²) in [6.07, 6.45) is -0.219. The molecule has 3 rings (SSSR count). The lowest BCUT2D eigenvalue weighted by atomic mass is 10.1. The maximum Gasteiger partial charge on any atom is 0.416 e. The zero-order valence-corrected chi connectivity index (χ0v) is 15.5. The average molecular weight is 421 g/mol. The Morgan fingerprint density at radius 1 is 1.07 bits per heavy atom. The van der Waals surface area contributed by atoms with Crippen LogP contribution in [0.5, 0.6) is 17.2 Å². The Labute approximate surface area is 168 Å². The van der Waals surface area contributed by atoms with E-state index < -0.39 is 29.2 Å². The molecule has 1 N–H and O–H groups in total. The van der Waals surface area contributed by atoms with Crippen molar-refractivity contribution in [3.05, 3.63) is 77.3 Å². The molecule has 0 heterocycles. The number of carbonyl (C=O) groups excluding carboxylic acids is 2. The monoisotopic (exact) mass is 421 g/mol. The molecule has 0 atom stereocenters. The first kappa shape index (κ1) is 21.1. The van der Waals surface area contributed by atoms with Gasteiger partial charge in [-0.05, 0) is 36.4 Å². The molecule has 2 aromatic carbocycles. The number of ketones is 1. The maximum atomic E-state index is 13.4. The zero-order chi connectivity index (χ0) is 21.9. The van der Waals surface area contributed by atoms with Crippen LogP contribution in [0.4, 0.5) is 17.6 Å². The van der Waals surface area contributed by atoms with Crippen molar-refractivity contribution in [2.45, 2.75) is 12.6 Å². The van der Waals surface area contributed by atoms with Gasteiger partial charge in [-0.15, -0.1) is 0 Å². The fourth-order valence-electron chi connectivity index (χ4n) is 2.67. The number of allylic oxidation sites excluding steroid dienone is 3. The Kier molecular flexibility index (Phi) is 5.91. The second kappa shape index (κ2) is 8.40. The first-order chi connectivity index (χ1) is 14.2. The molecule has 1 aliphatic carbocycles. The van der Waals surface area contributed by atoms with E-state index >= 15 is 0 Å². The molecular weight excluding hydrogens is 406 g/mol. The maximum absolute atomic E-state index is 13.4. The van der Waals surface area contributed by atoms with E-state index in [9.17, 15) is 27.2 Å². The second-order valence-corrected chi connectivity index (χ2v) is 6.23. The standard InChI is InChI=1S/C21H15F4NO4/c1-29-19-10-13(22)6-8-17(19)30-18-9-12(21(23,24)25)5-7-16(18)20(28)26-14-3-2-4-15(27)11-14/h2-3,5-11H,4H2,1H3,(H,26,28). The summed E-state index contributed by atoms with van der Waals surface area (Å²) in [5, 5.41) is 2.45. The van der Waals surface area contributed by atoms with Crippen molar-refractivity contribution >= 4 is 11.7 Å². The van der Waals surface area contributed by atoms with Crippen LogP contribution in [0.3, 0.4) is 0 Å². The van der Waals surface area contributed by atoms with Crippen LogP contribution in [0.25, 0.3) is 0 Å². The van der Waals surface area contributed by atoms with Gasteiger partial charge in [-0.3, -0.25) is 9.59 Å². The van der Waals surface area contributed by atoms with Gasteiger partial charge in [0.25, 0.3) is 5.91 Å². The van der Waals surface area contributed by atoms with Crippen LogP contribution < -0.4 is 14.8 Å². The average Bonchev–Trinajstić information content (AvgIpc) is 2.68. The summed E-state index contributed by atoms with van der Waals surface area (Å²) in [7, 11) is 1.24. The number of rotatable bonds is 5. The summed E-state index contributed by atoms with van der Waals surface area (Å²) < 4.78 is 63.4. The zero-order valence-electron chi connectivity index (χ0n) is 15.5. The van der Waals surface area contributed by atoms with Crippen molar-refractivity contribution in [1.29, 1.82) is 0 Å².